The lowest BCUT2D eigenvalue weighted by molar-refractivity contribution is 0.424. The number of rotatable bonds is 4. The molecule has 0 aromatic heterocycles. The van der Waals surface area contributed by atoms with Crippen molar-refractivity contribution in [1.82, 2.24) is 5.32 Å². The Balaban J connectivity index is 2.43. The van der Waals surface area contributed by atoms with Gasteiger partial charge >= 0.3 is 0 Å². The van der Waals surface area contributed by atoms with E-state index in [0.29, 0.717) is 5.56 Å². The van der Waals surface area contributed by atoms with Crippen LogP contribution in [0.25, 0.3) is 0 Å². The van der Waals surface area contributed by atoms with Crippen molar-refractivity contribution in [2.45, 2.75) is 13.0 Å². The molecule has 0 saturated heterocycles. The molecule has 0 aliphatic heterocycles. The summed E-state index contributed by atoms with van der Waals surface area (Å²) >= 11 is 5.70. The number of hydrogen-bond donors (Lipinski definition) is 1. The van der Waals surface area contributed by atoms with Crippen molar-refractivity contribution in [2.75, 3.05) is 7.05 Å². The van der Waals surface area contributed by atoms with E-state index < -0.39 is 11.6 Å². The molecular weight excluding hydrogens is 284 g/mol. The molecule has 0 saturated carbocycles. The molecule has 0 aliphatic rings. The molecule has 0 amide bonds. The van der Waals surface area contributed by atoms with Gasteiger partial charge in [0.05, 0.1) is 5.02 Å². The predicted octanol–water partition coefficient (Wildman–Crippen LogP) is 4.69. The van der Waals surface area contributed by atoms with Crippen molar-refractivity contribution >= 4 is 11.6 Å². The fourth-order valence-electron chi connectivity index (χ4n) is 1.85. The Morgan fingerprint density at radius 1 is 1.10 bits per heavy atom. The van der Waals surface area contributed by atoms with Crippen LogP contribution >= 0.6 is 11.6 Å². The molecule has 2 rings (SSSR count). The normalized spacial score (nSPS) is 12.2. The quantitative estimate of drug-likeness (QED) is 0.884. The summed E-state index contributed by atoms with van der Waals surface area (Å²) in [5, 5.41) is 2.89. The Kier molecular flexibility index (Phi) is 4.57. The number of hydrogen-bond acceptors (Lipinski definition) is 2. The summed E-state index contributed by atoms with van der Waals surface area (Å²) in [5.74, 6) is -0.853. The van der Waals surface area contributed by atoms with Gasteiger partial charge in [0.25, 0.3) is 0 Å². The summed E-state index contributed by atoms with van der Waals surface area (Å²) in [4.78, 5) is 0. The minimum absolute atomic E-state index is 0.0346. The van der Waals surface area contributed by atoms with Crippen molar-refractivity contribution in [3.63, 3.8) is 0 Å². The maximum absolute atomic E-state index is 13.9. The number of nitrogens with one attached hydrogen (secondary N) is 1. The van der Waals surface area contributed by atoms with Crippen molar-refractivity contribution in [3.05, 3.63) is 58.6 Å². The lowest BCUT2D eigenvalue weighted by Crippen LogP contribution is -2.15. The van der Waals surface area contributed by atoms with Crippen molar-refractivity contribution in [2.24, 2.45) is 0 Å². The minimum atomic E-state index is -0.665. The fraction of sp³-hybridized carbons (Fsp3) is 0.200. The van der Waals surface area contributed by atoms with E-state index in [1.165, 1.54) is 24.3 Å². The SMILES string of the molecule is CNC(C)c1c(F)cccc1Oc1cccc(Cl)c1F. The first-order valence-corrected chi connectivity index (χ1v) is 6.50. The van der Waals surface area contributed by atoms with E-state index >= 15 is 0 Å². The predicted molar refractivity (Wildman–Crippen MR) is 75.4 cm³/mol. The molecule has 0 heterocycles. The van der Waals surface area contributed by atoms with Crippen molar-refractivity contribution in [3.8, 4) is 11.5 Å². The molecule has 2 aromatic rings. The monoisotopic (exact) mass is 297 g/mol. The molecule has 1 unspecified atom stereocenters. The topological polar surface area (TPSA) is 21.3 Å². The molecule has 20 heavy (non-hydrogen) atoms. The molecule has 0 aliphatic carbocycles. The highest BCUT2D eigenvalue weighted by molar-refractivity contribution is 6.30. The van der Waals surface area contributed by atoms with E-state index in [4.69, 9.17) is 16.3 Å². The van der Waals surface area contributed by atoms with Gasteiger partial charge < -0.3 is 10.1 Å². The third-order valence-corrected chi connectivity index (χ3v) is 3.31. The van der Waals surface area contributed by atoms with E-state index in [2.05, 4.69) is 5.32 Å². The second-order valence-electron chi connectivity index (χ2n) is 4.32. The summed E-state index contributed by atoms with van der Waals surface area (Å²) in [6.45, 7) is 1.79. The molecule has 2 aromatic carbocycles. The zero-order valence-electron chi connectivity index (χ0n) is 11.1. The van der Waals surface area contributed by atoms with E-state index in [9.17, 15) is 8.78 Å². The van der Waals surface area contributed by atoms with Crippen molar-refractivity contribution in [1.29, 1.82) is 0 Å². The molecule has 106 valence electrons. The van der Waals surface area contributed by atoms with Gasteiger partial charge in [-0.1, -0.05) is 23.7 Å². The first kappa shape index (κ1) is 14.8. The van der Waals surface area contributed by atoms with E-state index in [0.717, 1.165) is 0 Å². The van der Waals surface area contributed by atoms with Gasteiger partial charge in [-0.15, -0.1) is 0 Å². The lowest BCUT2D eigenvalue weighted by atomic mass is 10.1. The lowest BCUT2D eigenvalue weighted by Gasteiger charge is -2.17. The maximum atomic E-state index is 13.9. The number of ether oxygens (including phenoxy) is 1. The Bertz CT molecular complexity index is 619. The molecule has 1 atom stereocenters. The minimum Gasteiger partial charge on any atom is -0.454 e. The summed E-state index contributed by atoms with van der Waals surface area (Å²) in [5.41, 5.74) is 0.342. The van der Waals surface area contributed by atoms with Crippen LogP contribution in [0.15, 0.2) is 36.4 Å². The molecule has 0 fully saturated rings. The summed E-state index contributed by atoms with van der Waals surface area (Å²) < 4.78 is 33.3. The van der Waals surface area contributed by atoms with Crippen LogP contribution in [0.3, 0.4) is 0 Å². The standard InChI is InChI=1S/C15H14ClF2NO/c1-9(19-2)14-11(17)6-4-7-12(14)20-13-8-3-5-10(16)15(13)18/h3-9,19H,1-2H3. The number of halogens is 3. The summed E-state index contributed by atoms with van der Waals surface area (Å²) in [6, 6.07) is 8.61. The molecular formula is C15H14ClF2NO. The van der Waals surface area contributed by atoms with Crippen LogP contribution in [0.5, 0.6) is 11.5 Å². The zero-order chi connectivity index (χ0) is 14.7. The van der Waals surface area contributed by atoms with E-state index in [1.54, 1.807) is 26.1 Å². The van der Waals surface area contributed by atoms with Gasteiger partial charge in [-0.05, 0) is 38.2 Å². The first-order valence-electron chi connectivity index (χ1n) is 6.12. The number of benzene rings is 2. The second kappa shape index (κ2) is 6.20. The second-order valence-corrected chi connectivity index (χ2v) is 4.72. The molecule has 1 N–H and O–H groups in total. The molecule has 2 nitrogen and oxygen atoms in total. The van der Waals surface area contributed by atoms with Gasteiger partial charge in [0.15, 0.2) is 11.6 Å². The Morgan fingerprint density at radius 2 is 1.75 bits per heavy atom. The highest BCUT2D eigenvalue weighted by Crippen LogP contribution is 2.34. The first-order chi connectivity index (χ1) is 9.54. The van der Waals surface area contributed by atoms with Gasteiger partial charge in [0, 0.05) is 11.6 Å². The molecule has 0 radical (unpaired) electrons. The highest BCUT2D eigenvalue weighted by atomic mass is 35.5. The van der Waals surface area contributed by atoms with Gasteiger partial charge in [-0.2, -0.15) is 0 Å². The zero-order valence-corrected chi connectivity index (χ0v) is 11.8. The Labute approximate surface area is 121 Å². The summed E-state index contributed by atoms with van der Waals surface area (Å²) in [6.07, 6.45) is 0. The van der Waals surface area contributed by atoms with Crippen LogP contribution in [0.2, 0.25) is 5.02 Å². The maximum Gasteiger partial charge on any atom is 0.184 e. The third-order valence-electron chi connectivity index (χ3n) is 3.02. The van der Waals surface area contributed by atoms with Crippen LogP contribution in [-0.2, 0) is 0 Å². The van der Waals surface area contributed by atoms with Gasteiger partial charge in [-0.3, -0.25) is 0 Å². The van der Waals surface area contributed by atoms with Gasteiger partial charge in [-0.25, -0.2) is 8.78 Å². The van der Waals surface area contributed by atoms with Crippen molar-refractivity contribution < 1.29 is 13.5 Å². The average Bonchev–Trinajstić information content (AvgIpc) is 2.43. The smallest absolute Gasteiger partial charge is 0.184 e. The van der Waals surface area contributed by atoms with Crippen LogP contribution in [0, 0.1) is 11.6 Å². The van der Waals surface area contributed by atoms with Gasteiger partial charge in [0.2, 0.25) is 0 Å². The van der Waals surface area contributed by atoms with E-state index in [1.807, 2.05) is 0 Å². The van der Waals surface area contributed by atoms with Crippen LogP contribution in [-0.4, -0.2) is 7.05 Å². The summed E-state index contributed by atoms with van der Waals surface area (Å²) in [7, 11) is 1.71. The van der Waals surface area contributed by atoms with E-state index in [-0.39, 0.29) is 22.6 Å². The third kappa shape index (κ3) is 2.92. The Morgan fingerprint density at radius 3 is 2.45 bits per heavy atom. The average molecular weight is 298 g/mol. The molecule has 5 heteroatoms. The molecule has 0 bridgehead atoms. The largest absolute Gasteiger partial charge is 0.454 e. The highest BCUT2D eigenvalue weighted by Gasteiger charge is 2.17. The Hall–Kier alpha value is -1.65. The molecule has 0 spiro atoms. The van der Waals surface area contributed by atoms with Crippen LogP contribution in [0.4, 0.5) is 8.78 Å². The van der Waals surface area contributed by atoms with Gasteiger partial charge in [0.1, 0.15) is 11.6 Å². The van der Waals surface area contributed by atoms with Crippen LogP contribution < -0.4 is 10.1 Å². The van der Waals surface area contributed by atoms with Crippen LogP contribution in [0.1, 0.15) is 18.5 Å². The fourth-order valence-corrected chi connectivity index (χ4v) is 2.02.